The fourth-order valence-corrected chi connectivity index (χ4v) is 2.44. The third-order valence-corrected chi connectivity index (χ3v) is 3.87. The molecule has 0 aliphatic rings. The number of amides is 1. The van der Waals surface area contributed by atoms with Crippen LogP contribution in [0.15, 0.2) is 48.5 Å². The third kappa shape index (κ3) is 5.80. The zero-order valence-electron chi connectivity index (χ0n) is 14.8. The van der Waals surface area contributed by atoms with Crippen molar-refractivity contribution in [2.24, 2.45) is 5.73 Å². The molecule has 1 unspecified atom stereocenters. The fourth-order valence-electron chi connectivity index (χ4n) is 2.44. The van der Waals surface area contributed by atoms with Crippen molar-refractivity contribution in [1.82, 2.24) is 5.32 Å². The first-order valence-corrected chi connectivity index (χ1v) is 8.51. The number of carbonyl (C=O) groups is 1. The second kappa shape index (κ2) is 9.69. The maximum atomic E-state index is 11.9. The Hall–Kier alpha value is -2.53. The van der Waals surface area contributed by atoms with E-state index >= 15 is 0 Å². The second-order valence-electron chi connectivity index (χ2n) is 5.87. The Bertz CT molecular complexity index is 674. The molecule has 0 aliphatic heterocycles. The SMILES string of the molecule is CCCC(N)C(=O)NCc1ccc(OCc2ccccc2)c(OC)c1. The first-order chi connectivity index (χ1) is 12.1. The van der Waals surface area contributed by atoms with Gasteiger partial charge in [0.1, 0.15) is 6.61 Å². The molecule has 5 heteroatoms. The van der Waals surface area contributed by atoms with Crippen LogP contribution in [0.2, 0.25) is 0 Å². The molecule has 0 fully saturated rings. The number of benzene rings is 2. The first-order valence-electron chi connectivity index (χ1n) is 8.51. The predicted molar refractivity (Wildman–Crippen MR) is 98.5 cm³/mol. The summed E-state index contributed by atoms with van der Waals surface area (Å²) in [5.41, 5.74) is 7.83. The number of methoxy groups -OCH3 is 1. The van der Waals surface area contributed by atoms with Crippen molar-refractivity contribution in [3.63, 3.8) is 0 Å². The van der Waals surface area contributed by atoms with Gasteiger partial charge in [-0.3, -0.25) is 4.79 Å². The molecule has 0 aromatic heterocycles. The number of hydrogen-bond acceptors (Lipinski definition) is 4. The minimum atomic E-state index is -0.458. The van der Waals surface area contributed by atoms with Crippen molar-refractivity contribution in [2.75, 3.05) is 7.11 Å². The highest BCUT2D eigenvalue weighted by Crippen LogP contribution is 2.28. The van der Waals surface area contributed by atoms with Crippen LogP contribution in [0.3, 0.4) is 0 Å². The summed E-state index contributed by atoms with van der Waals surface area (Å²) < 4.78 is 11.2. The number of carbonyl (C=O) groups excluding carboxylic acids is 1. The third-order valence-electron chi connectivity index (χ3n) is 3.87. The van der Waals surface area contributed by atoms with E-state index in [1.165, 1.54) is 0 Å². The van der Waals surface area contributed by atoms with E-state index in [9.17, 15) is 4.79 Å². The van der Waals surface area contributed by atoms with Gasteiger partial charge in [0.05, 0.1) is 13.2 Å². The Morgan fingerprint density at radius 2 is 1.88 bits per heavy atom. The maximum absolute atomic E-state index is 11.9. The van der Waals surface area contributed by atoms with Crippen molar-refractivity contribution in [1.29, 1.82) is 0 Å². The van der Waals surface area contributed by atoms with Gasteiger partial charge < -0.3 is 20.5 Å². The van der Waals surface area contributed by atoms with Crippen molar-refractivity contribution in [3.05, 3.63) is 59.7 Å². The molecule has 0 saturated carbocycles. The fraction of sp³-hybridized carbons (Fsp3) is 0.350. The predicted octanol–water partition coefficient (Wildman–Crippen LogP) is 3.02. The quantitative estimate of drug-likeness (QED) is 0.735. The van der Waals surface area contributed by atoms with Crippen molar-refractivity contribution < 1.29 is 14.3 Å². The molecule has 0 bridgehead atoms. The van der Waals surface area contributed by atoms with E-state index in [0.29, 0.717) is 31.1 Å². The zero-order valence-corrected chi connectivity index (χ0v) is 14.8. The first kappa shape index (κ1) is 18.8. The number of hydrogen-bond donors (Lipinski definition) is 2. The van der Waals surface area contributed by atoms with Crippen LogP contribution in [0.25, 0.3) is 0 Å². The molecule has 25 heavy (non-hydrogen) atoms. The van der Waals surface area contributed by atoms with Gasteiger partial charge >= 0.3 is 0 Å². The van der Waals surface area contributed by atoms with Gasteiger partial charge in [-0.05, 0) is 29.7 Å². The largest absolute Gasteiger partial charge is 0.493 e. The van der Waals surface area contributed by atoms with Crippen LogP contribution in [-0.2, 0) is 17.9 Å². The molecule has 0 saturated heterocycles. The lowest BCUT2D eigenvalue weighted by Gasteiger charge is -2.14. The van der Waals surface area contributed by atoms with Crippen molar-refractivity contribution >= 4 is 5.91 Å². The molecule has 134 valence electrons. The Morgan fingerprint density at radius 1 is 1.12 bits per heavy atom. The molecule has 1 atom stereocenters. The summed E-state index contributed by atoms with van der Waals surface area (Å²) in [7, 11) is 1.60. The molecule has 0 spiro atoms. The van der Waals surface area contributed by atoms with Crippen LogP contribution < -0.4 is 20.5 Å². The maximum Gasteiger partial charge on any atom is 0.237 e. The molecule has 1 amide bonds. The number of rotatable bonds is 9. The molecule has 2 rings (SSSR count). The van der Waals surface area contributed by atoms with Crippen molar-refractivity contribution in [3.8, 4) is 11.5 Å². The van der Waals surface area contributed by atoms with Gasteiger partial charge in [-0.15, -0.1) is 0 Å². The van der Waals surface area contributed by atoms with E-state index in [4.69, 9.17) is 15.2 Å². The molecule has 2 aromatic rings. The summed E-state index contributed by atoms with van der Waals surface area (Å²) in [4.78, 5) is 11.9. The van der Waals surface area contributed by atoms with Gasteiger partial charge in [0.25, 0.3) is 0 Å². The molecule has 3 N–H and O–H groups in total. The van der Waals surface area contributed by atoms with Crippen LogP contribution >= 0.6 is 0 Å². The molecule has 0 heterocycles. The normalized spacial score (nSPS) is 11.6. The second-order valence-corrected chi connectivity index (χ2v) is 5.87. The van der Waals surface area contributed by atoms with E-state index < -0.39 is 6.04 Å². The Labute approximate surface area is 149 Å². The Kier molecular flexibility index (Phi) is 7.29. The van der Waals surface area contributed by atoms with Gasteiger partial charge in [0.15, 0.2) is 11.5 Å². The van der Waals surface area contributed by atoms with Crippen LogP contribution in [0.1, 0.15) is 30.9 Å². The monoisotopic (exact) mass is 342 g/mol. The number of ether oxygens (including phenoxy) is 2. The van der Waals surface area contributed by atoms with E-state index in [1.54, 1.807) is 7.11 Å². The van der Waals surface area contributed by atoms with Crippen LogP contribution in [0.5, 0.6) is 11.5 Å². The molecule has 2 aromatic carbocycles. The molecule has 0 aliphatic carbocycles. The van der Waals surface area contributed by atoms with Crippen LogP contribution in [0, 0.1) is 0 Å². The highest BCUT2D eigenvalue weighted by Gasteiger charge is 2.12. The van der Waals surface area contributed by atoms with Gasteiger partial charge in [0.2, 0.25) is 5.91 Å². The standard InChI is InChI=1S/C20H26N2O3/c1-3-7-17(21)20(23)22-13-16-10-11-18(19(12-16)24-2)25-14-15-8-5-4-6-9-15/h4-6,8-12,17H,3,7,13-14,21H2,1-2H3,(H,22,23). The average Bonchev–Trinajstić information content (AvgIpc) is 2.65. The van der Waals surface area contributed by atoms with Gasteiger partial charge in [-0.1, -0.05) is 49.7 Å². The highest BCUT2D eigenvalue weighted by molar-refractivity contribution is 5.81. The minimum absolute atomic E-state index is 0.134. The lowest BCUT2D eigenvalue weighted by molar-refractivity contribution is -0.122. The van der Waals surface area contributed by atoms with E-state index in [-0.39, 0.29) is 5.91 Å². The van der Waals surface area contributed by atoms with Gasteiger partial charge in [0, 0.05) is 6.54 Å². The molecule has 5 nitrogen and oxygen atoms in total. The zero-order chi connectivity index (χ0) is 18.1. The summed E-state index contributed by atoms with van der Waals surface area (Å²) in [6.07, 6.45) is 1.57. The van der Waals surface area contributed by atoms with E-state index in [0.717, 1.165) is 17.5 Å². The van der Waals surface area contributed by atoms with Crippen LogP contribution in [0.4, 0.5) is 0 Å². The summed E-state index contributed by atoms with van der Waals surface area (Å²) in [6.45, 7) is 2.89. The molecular weight excluding hydrogens is 316 g/mol. The Balaban J connectivity index is 1.95. The van der Waals surface area contributed by atoms with E-state index in [2.05, 4.69) is 5.32 Å². The van der Waals surface area contributed by atoms with Gasteiger partial charge in [-0.2, -0.15) is 0 Å². The minimum Gasteiger partial charge on any atom is -0.493 e. The summed E-state index contributed by atoms with van der Waals surface area (Å²) in [5.74, 6) is 1.18. The summed E-state index contributed by atoms with van der Waals surface area (Å²) in [5, 5.41) is 2.85. The molecular formula is C20H26N2O3. The Morgan fingerprint density at radius 3 is 2.56 bits per heavy atom. The average molecular weight is 342 g/mol. The summed E-state index contributed by atoms with van der Waals surface area (Å²) >= 11 is 0. The van der Waals surface area contributed by atoms with Gasteiger partial charge in [-0.25, -0.2) is 0 Å². The number of nitrogens with two attached hydrogens (primary N) is 1. The lowest BCUT2D eigenvalue weighted by Crippen LogP contribution is -2.40. The summed E-state index contributed by atoms with van der Waals surface area (Å²) in [6, 6.07) is 15.1. The van der Waals surface area contributed by atoms with Crippen molar-refractivity contribution in [2.45, 2.75) is 39.0 Å². The number of nitrogens with one attached hydrogen (secondary N) is 1. The molecule has 0 radical (unpaired) electrons. The smallest absolute Gasteiger partial charge is 0.237 e. The van der Waals surface area contributed by atoms with Crippen LogP contribution in [-0.4, -0.2) is 19.1 Å². The lowest BCUT2D eigenvalue weighted by atomic mass is 10.1. The highest BCUT2D eigenvalue weighted by atomic mass is 16.5. The van der Waals surface area contributed by atoms with E-state index in [1.807, 2.05) is 55.5 Å². The topological polar surface area (TPSA) is 73.6 Å².